The second-order valence-corrected chi connectivity index (χ2v) is 7.35. The number of carbonyl (C=O) groups is 3. The van der Waals surface area contributed by atoms with Crippen LogP contribution in [0.1, 0.15) is 43.0 Å². The van der Waals surface area contributed by atoms with E-state index < -0.39 is 17.8 Å². The molecule has 0 aliphatic heterocycles. The van der Waals surface area contributed by atoms with Crippen LogP contribution in [0, 0.1) is 6.92 Å². The molecule has 3 rings (SSSR count). The number of amides is 1. The molecule has 31 heavy (non-hydrogen) atoms. The maximum atomic E-state index is 12.8. The van der Waals surface area contributed by atoms with Crippen molar-refractivity contribution in [3.63, 3.8) is 0 Å². The summed E-state index contributed by atoms with van der Waals surface area (Å²) in [6, 6.07) is 8.83. The fourth-order valence-electron chi connectivity index (χ4n) is 2.88. The number of methoxy groups -OCH3 is 2. The minimum atomic E-state index is -0.665. The molecule has 0 bridgehead atoms. The molecular weight excluding hydrogens is 422 g/mol. The Morgan fingerprint density at radius 2 is 1.94 bits per heavy atom. The number of carbonyl (C=O) groups excluding carboxylic acids is 3. The Kier molecular flexibility index (Phi) is 6.71. The number of aromatic amines is 1. The molecule has 1 amide bonds. The summed E-state index contributed by atoms with van der Waals surface area (Å²) < 4.78 is 15.1. The van der Waals surface area contributed by atoms with E-state index in [2.05, 4.69) is 15.5 Å². The van der Waals surface area contributed by atoms with Gasteiger partial charge in [0.05, 0.1) is 32.1 Å². The van der Waals surface area contributed by atoms with Crippen molar-refractivity contribution in [2.45, 2.75) is 13.8 Å². The molecule has 9 nitrogen and oxygen atoms in total. The van der Waals surface area contributed by atoms with Crippen LogP contribution in [0.4, 0.5) is 5.00 Å². The molecule has 0 spiro atoms. The van der Waals surface area contributed by atoms with Crippen LogP contribution in [-0.4, -0.2) is 48.9 Å². The molecule has 1 aromatic carbocycles. The highest BCUT2D eigenvalue weighted by Gasteiger charge is 2.27. The lowest BCUT2D eigenvalue weighted by molar-refractivity contribution is 0.0531. The first-order chi connectivity index (χ1) is 14.9. The second kappa shape index (κ2) is 9.43. The monoisotopic (exact) mass is 443 g/mol. The lowest BCUT2D eigenvalue weighted by Gasteiger charge is -2.04. The van der Waals surface area contributed by atoms with Gasteiger partial charge in [-0.1, -0.05) is 12.1 Å². The first-order valence-electron chi connectivity index (χ1n) is 9.29. The first kappa shape index (κ1) is 22.0. The van der Waals surface area contributed by atoms with Crippen molar-refractivity contribution in [1.82, 2.24) is 10.2 Å². The van der Waals surface area contributed by atoms with Crippen LogP contribution in [0.2, 0.25) is 0 Å². The van der Waals surface area contributed by atoms with Gasteiger partial charge >= 0.3 is 11.9 Å². The highest BCUT2D eigenvalue weighted by Crippen LogP contribution is 2.34. The zero-order valence-corrected chi connectivity index (χ0v) is 18.2. The van der Waals surface area contributed by atoms with E-state index in [4.69, 9.17) is 14.2 Å². The molecule has 2 N–H and O–H groups in total. The van der Waals surface area contributed by atoms with Gasteiger partial charge in [0.1, 0.15) is 21.3 Å². The molecule has 0 aliphatic carbocycles. The minimum absolute atomic E-state index is 0.108. The van der Waals surface area contributed by atoms with Crippen molar-refractivity contribution in [2.75, 3.05) is 26.1 Å². The zero-order chi connectivity index (χ0) is 22.5. The SMILES string of the molecule is CCOC(=O)c1sc(NC(=O)c2cc(-c3cccc(OC)c3)n[nH]2)c(C(=O)OC)c1C. The molecule has 3 aromatic rings. The Morgan fingerprint density at radius 1 is 1.16 bits per heavy atom. The van der Waals surface area contributed by atoms with Crippen LogP contribution in [0.15, 0.2) is 30.3 Å². The smallest absolute Gasteiger partial charge is 0.348 e. The number of hydrogen-bond acceptors (Lipinski definition) is 8. The van der Waals surface area contributed by atoms with Crippen LogP contribution >= 0.6 is 11.3 Å². The second-order valence-electron chi connectivity index (χ2n) is 6.33. The van der Waals surface area contributed by atoms with E-state index in [1.54, 1.807) is 39.2 Å². The number of rotatable bonds is 7. The number of hydrogen-bond donors (Lipinski definition) is 2. The van der Waals surface area contributed by atoms with Crippen LogP contribution in [0.25, 0.3) is 11.3 Å². The predicted octanol–water partition coefficient (Wildman–Crippen LogP) is 3.67. The van der Waals surface area contributed by atoms with Gasteiger partial charge in [0.25, 0.3) is 5.91 Å². The minimum Gasteiger partial charge on any atom is -0.497 e. The molecule has 0 atom stereocenters. The Hall–Kier alpha value is -3.66. The molecule has 0 unspecified atom stereocenters. The average molecular weight is 443 g/mol. The van der Waals surface area contributed by atoms with Crippen LogP contribution in [0.5, 0.6) is 5.75 Å². The van der Waals surface area contributed by atoms with Crippen molar-refractivity contribution in [3.05, 3.63) is 52.0 Å². The van der Waals surface area contributed by atoms with E-state index in [9.17, 15) is 14.4 Å². The third-order valence-corrected chi connectivity index (χ3v) is 5.60. The third-order valence-electron chi connectivity index (χ3n) is 4.41. The summed E-state index contributed by atoms with van der Waals surface area (Å²) in [5, 5.41) is 9.71. The van der Waals surface area contributed by atoms with E-state index in [0.717, 1.165) is 16.9 Å². The van der Waals surface area contributed by atoms with Crippen molar-refractivity contribution < 1.29 is 28.6 Å². The van der Waals surface area contributed by atoms with Gasteiger partial charge in [-0.2, -0.15) is 5.10 Å². The van der Waals surface area contributed by atoms with Crippen molar-refractivity contribution in [3.8, 4) is 17.0 Å². The summed E-state index contributed by atoms with van der Waals surface area (Å²) in [5.74, 6) is -1.10. The number of anilines is 1. The highest BCUT2D eigenvalue weighted by atomic mass is 32.1. The fourth-order valence-corrected chi connectivity index (χ4v) is 3.96. The number of thiophene rings is 1. The number of ether oxygens (including phenoxy) is 3. The van der Waals surface area contributed by atoms with Gasteiger partial charge in [-0.3, -0.25) is 9.89 Å². The third kappa shape index (κ3) is 4.58. The molecule has 2 heterocycles. The first-order valence-corrected chi connectivity index (χ1v) is 10.1. The van der Waals surface area contributed by atoms with Gasteiger partial charge in [0.15, 0.2) is 0 Å². The normalized spacial score (nSPS) is 10.5. The van der Waals surface area contributed by atoms with Gasteiger partial charge in [-0.15, -0.1) is 11.3 Å². The molecular formula is C21H21N3O6S. The molecule has 10 heteroatoms. The van der Waals surface area contributed by atoms with Gasteiger partial charge < -0.3 is 19.5 Å². The number of nitrogens with zero attached hydrogens (tertiary/aromatic N) is 1. The van der Waals surface area contributed by atoms with Crippen LogP contribution in [0.3, 0.4) is 0 Å². The molecule has 2 aromatic heterocycles. The summed E-state index contributed by atoms with van der Waals surface area (Å²) in [6.07, 6.45) is 0. The Balaban J connectivity index is 1.89. The van der Waals surface area contributed by atoms with Crippen LogP contribution in [-0.2, 0) is 9.47 Å². The molecule has 0 saturated heterocycles. The van der Waals surface area contributed by atoms with E-state index in [1.807, 2.05) is 12.1 Å². The Labute approximate surface area is 182 Å². The standard InChI is InChI=1S/C21H21N3O6S/c1-5-30-21(27)17-11(2)16(20(26)29-4)19(31-17)22-18(25)15-10-14(23-24-15)12-7-6-8-13(9-12)28-3/h6-10H,5H2,1-4H3,(H,22,25)(H,23,24). The topological polar surface area (TPSA) is 120 Å². The Bertz CT molecular complexity index is 1130. The average Bonchev–Trinajstić information content (AvgIpc) is 3.39. The van der Waals surface area contributed by atoms with Gasteiger partial charge in [-0.05, 0) is 37.6 Å². The highest BCUT2D eigenvalue weighted by molar-refractivity contribution is 7.18. The Morgan fingerprint density at radius 3 is 2.61 bits per heavy atom. The fraction of sp³-hybridized carbons (Fsp3) is 0.238. The van der Waals surface area contributed by atoms with E-state index in [1.165, 1.54) is 7.11 Å². The lowest BCUT2D eigenvalue weighted by Crippen LogP contribution is -2.14. The maximum absolute atomic E-state index is 12.8. The number of H-pyrrole nitrogens is 1. The molecule has 0 saturated carbocycles. The van der Waals surface area contributed by atoms with Gasteiger partial charge in [-0.25, -0.2) is 9.59 Å². The van der Waals surface area contributed by atoms with Crippen molar-refractivity contribution >= 4 is 34.2 Å². The van der Waals surface area contributed by atoms with Crippen molar-refractivity contribution in [1.29, 1.82) is 0 Å². The quantitative estimate of drug-likeness (QED) is 0.535. The molecule has 0 aliphatic rings. The zero-order valence-electron chi connectivity index (χ0n) is 17.4. The maximum Gasteiger partial charge on any atom is 0.348 e. The van der Waals surface area contributed by atoms with E-state index in [-0.39, 0.29) is 27.7 Å². The summed E-state index contributed by atoms with van der Waals surface area (Å²) in [6.45, 7) is 3.47. The summed E-state index contributed by atoms with van der Waals surface area (Å²) in [5.41, 5.74) is 1.98. The van der Waals surface area contributed by atoms with E-state index >= 15 is 0 Å². The number of nitrogens with one attached hydrogen (secondary N) is 2. The lowest BCUT2D eigenvalue weighted by atomic mass is 10.1. The summed E-state index contributed by atoms with van der Waals surface area (Å²) >= 11 is 0.951. The number of aromatic nitrogens is 2. The van der Waals surface area contributed by atoms with E-state index in [0.29, 0.717) is 17.0 Å². The van der Waals surface area contributed by atoms with Crippen molar-refractivity contribution in [2.24, 2.45) is 0 Å². The van der Waals surface area contributed by atoms with Crippen LogP contribution < -0.4 is 10.1 Å². The number of esters is 2. The largest absolute Gasteiger partial charge is 0.497 e. The van der Waals surface area contributed by atoms with Gasteiger partial charge in [0, 0.05) is 5.56 Å². The summed E-state index contributed by atoms with van der Waals surface area (Å²) in [7, 11) is 2.79. The molecule has 0 fully saturated rings. The molecule has 162 valence electrons. The predicted molar refractivity (Wildman–Crippen MR) is 115 cm³/mol. The molecule has 0 radical (unpaired) electrons. The number of benzene rings is 1. The summed E-state index contributed by atoms with van der Waals surface area (Å²) in [4.78, 5) is 37.5. The van der Waals surface area contributed by atoms with Gasteiger partial charge in [0.2, 0.25) is 0 Å².